The van der Waals surface area contributed by atoms with Gasteiger partial charge in [0, 0.05) is 6.04 Å². The predicted molar refractivity (Wildman–Crippen MR) is 87.6 cm³/mol. The molecular weight excluding hydrogens is 286 g/mol. The Morgan fingerprint density at radius 1 is 1.25 bits per heavy atom. The third-order valence-corrected chi connectivity index (χ3v) is 4.94. The molecule has 2 rings (SSSR count). The first-order chi connectivity index (χ1) is 9.85. The lowest BCUT2D eigenvalue weighted by molar-refractivity contribution is 0.502. The zero-order chi connectivity index (χ0) is 14.2. The average molecular weight is 310 g/mol. The number of hydrogen-bond acceptors (Lipinski definition) is 5. The highest BCUT2D eigenvalue weighted by Crippen LogP contribution is 2.26. The van der Waals surface area contributed by atoms with Crippen molar-refractivity contribution in [2.24, 2.45) is 0 Å². The highest BCUT2D eigenvalue weighted by atomic mass is 32.1. The Labute approximate surface area is 129 Å². The molecule has 0 spiro atoms. The number of nitrogens with one attached hydrogen (secondary N) is 1. The molecule has 0 amide bonds. The second kappa shape index (κ2) is 8.49. The monoisotopic (exact) mass is 309 g/mol. The van der Waals surface area contributed by atoms with Gasteiger partial charge in [0.25, 0.3) is 0 Å². The van der Waals surface area contributed by atoms with E-state index in [9.17, 15) is 0 Å². The molecule has 0 aliphatic rings. The van der Waals surface area contributed by atoms with E-state index in [4.69, 9.17) is 0 Å². The van der Waals surface area contributed by atoms with Crippen LogP contribution >= 0.6 is 22.9 Å². The van der Waals surface area contributed by atoms with Gasteiger partial charge in [0.05, 0.1) is 10.6 Å². The lowest BCUT2D eigenvalue weighted by Crippen LogP contribution is -2.23. The summed E-state index contributed by atoms with van der Waals surface area (Å²) in [4.78, 5) is 1.34. The third kappa shape index (κ3) is 4.36. The van der Waals surface area contributed by atoms with Gasteiger partial charge >= 0.3 is 0 Å². The van der Waals surface area contributed by atoms with E-state index in [0.29, 0.717) is 6.04 Å². The van der Waals surface area contributed by atoms with E-state index in [2.05, 4.69) is 45.6 Å². The summed E-state index contributed by atoms with van der Waals surface area (Å²) in [6.45, 7) is 5.46. The molecule has 0 saturated heterocycles. The maximum absolute atomic E-state index is 4.31. The van der Waals surface area contributed by atoms with Gasteiger partial charge in [-0.05, 0) is 66.2 Å². The molecule has 0 aliphatic carbocycles. The SMILES string of the molecule is CCCNC(CCc1ccsc1)c1snnc1CCC. The summed E-state index contributed by atoms with van der Waals surface area (Å²) in [7, 11) is 0. The number of nitrogens with zero attached hydrogens (tertiary/aromatic N) is 2. The fourth-order valence-electron chi connectivity index (χ4n) is 2.28. The van der Waals surface area contributed by atoms with Crippen LogP contribution in [0.2, 0.25) is 0 Å². The Morgan fingerprint density at radius 3 is 2.85 bits per heavy atom. The molecule has 0 fully saturated rings. The van der Waals surface area contributed by atoms with E-state index in [0.717, 1.165) is 38.6 Å². The summed E-state index contributed by atoms with van der Waals surface area (Å²) in [5, 5.41) is 12.4. The Bertz CT molecular complexity index is 479. The minimum Gasteiger partial charge on any atom is -0.309 e. The molecule has 0 saturated carbocycles. The van der Waals surface area contributed by atoms with Gasteiger partial charge in [-0.3, -0.25) is 0 Å². The van der Waals surface area contributed by atoms with Crippen molar-refractivity contribution in [3.8, 4) is 0 Å². The van der Waals surface area contributed by atoms with Crippen LogP contribution in [0, 0.1) is 0 Å². The van der Waals surface area contributed by atoms with Crippen molar-refractivity contribution in [2.75, 3.05) is 6.54 Å². The Morgan fingerprint density at radius 2 is 2.15 bits per heavy atom. The molecule has 0 aromatic carbocycles. The largest absolute Gasteiger partial charge is 0.309 e. The normalized spacial score (nSPS) is 12.7. The van der Waals surface area contributed by atoms with Crippen molar-refractivity contribution >= 4 is 22.9 Å². The Hall–Kier alpha value is -0.780. The number of rotatable bonds is 9. The molecule has 1 atom stereocenters. The molecule has 0 aliphatic heterocycles. The van der Waals surface area contributed by atoms with E-state index in [-0.39, 0.29) is 0 Å². The van der Waals surface area contributed by atoms with E-state index in [1.165, 1.54) is 16.1 Å². The van der Waals surface area contributed by atoms with E-state index in [1.807, 2.05) is 0 Å². The highest BCUT2D eigenvalue weighted by molar-refractivity contribution is 7.08. The van der Waals surface area contributed by atoms with E-state index < -0.39 is 0 Å². The van der Waals surface area contributed by atoms with Crippen LogP contribution in [0.3, 0.4) is 0 Å². The predicted octanol–water partition coefficient (Wildman–Crippen LogP) is 4.23. The van der Waals surface area contributed by atoms with Crippen molar-refractivity contribution < 1.29 is 0 Å². The molecule has 5 heteroatoms. The highest BCUT2D eigenvalue weighted by Gasteiger charge is 2.18. The van der Waals surface area contributed by atoms with Crippen LogP contribution in [-0.4, -0.2) is 16.1 Å². The van der Waals surface area contributed by atoms with Crippen LogP contribution in [0.15, 0.2) is 16.8 Å². The third-order valence-electron chi connectivity index (χ3n) is 3.33. The van der Waals surface area contributed by atoms with Gasteiger partial charge < -0.3 is 5.32 Å². The first kappa shape index (κ1) is 15.6. The second-order valence-electron chi connectivity index (χ2n) is 5.01. The molecule has 0 bridgehead atoms. The van der Waals surface area contributed by atoms with Crippen molar-refractivity contribution in [1.29, 1.82) is 0 Å². The maximum Gasteiger partial charge on any atom is 0.0803 e. The van der Waals surface area contributed by atoms with Crippen LogP contribution in [0.4, 0.5) is 0 Å². The minimum atomic E-state index is 0.399. The van der Waals surface area contributed by atoms with Gasteiger partial charge in [-0.2, -0.15) is 11.3 Å². The summed E-state index contributed by atoms with van der Waals surface area (Å²) in [6.07, 6.45) is 5.56. The summed E-state index contributed by atoms with van der Waals surface area (Å²) in [5.41, 5.74) is 2.63. The lowest BCUT2D eigenvalue weighted by Gasteiger charge is -2.17. The molecule has 2 heterocycles. The topological polar surface area (TPSA) is 37.8 Å². The Kier molecular flexibility index (Phi) is 6.63. The molecule has 2 aromatic heterocycles. The zero-order valence-corrected chi connectivity index (χ0v) is 13.9. The molecule has 0 radical (unpaired) electrons. The van der Waals surface area contributed by atoms with Crippen molar-refractivity contribution in [1.82, 2.24) is 14.9 Å². The minimum absolute atomic E-state index is 0.399. The van der Waals surface area contributed by atoms with Crippen LogP contribution in [-0.2, 0) is 12.8 Å². The number of thiophene rings is 1. The van der Waals surface area contributed by atoms with Crippen molar-refractivity contribution in [3.05, 3.63) is 33.0 Å². The smallest absolute Gasteiger partial charge is 0.0803 e. The van der Waals surface area contributed by atoms with Crippen molar-refractivity contribution in [2.45, 2.75) is 52.0 Å². The fraction of sp³-hybridized carbons (Fsp3) is 0.600. The fourth-order valence-corrected chi connectivity index (χ4v) is 3.79. The molecule has 2 aromatic rings. The Balaban J connectivity index is 2.03. The van der Waals surface area contributed by atoms with Crippen molar-refractivity contribution in [3.63, 3.8) is 0 Å². The van der Waals surface area contributed by atoms with Gasteiger partial charge in [0.2, 0.25) is 0 Å². The average Bonchev–Trinajstić information content (AvgIpc) is 3.11. The zero-order valence-electron chi connectivity index (χ0n) is 12.3. The van der Waals surface area contributed by atoms with Gasteiger partial charge in [-0.1, -0.05) is 24.8 Å². The van der Waals surface area contributed by atoms with Gasteiger partial charge in [-0.15, -0.1) is 5.10 Å². The molecule has 3 nitrogen and oxygen atoms in total. The van der Waals surface area contributed by atoms with Crippen LogP contribution in [0.5, 0.6) is 0 Å². The summed E-state index contributed by atoms with van der Waals surface area (Å²) in [5.74, 6) is 0. The molecule has 1 N–H and O–H groups in total. The maximum atomic E-state index is 4.31. The van der Waals surface area contributed by atoms with Crippen LogP contribution in [0.25, 0.3) is 0 Å². The molecule has 110 valence electrons. The number of aromatic nitrogens is 2. The first-order valence-electron chi connectivity index (χ1n) is 7.40. The summed E-state index contributed by atoms with van der Waals surface area (Å²) < 4.78 is 4.17. The van der Waals surface area contributed by atoms with Gasteiger partial charge in [0.15, 0.2) is 0 Å². The van der Waals surface area contributed by atoms with E-state index >= 15 is 0 Å². The van der Waals surface area contributed by atoms with Crippen LogP contribution in [0.1, 0.15) is 55.3 Å². The molecule has 20 heavy (non-hydrogen) atoms. The van der Waals surface area contributed by atoms with Gasteiger partial charge in [-0.25, -0.2) is 0 Å². The molecule has 1 unspecified atom stereocenters. The second-order valence-corrected chi connectivity index (χ2v) is 6.58. The van der Waals surface area contributed by atoms with Gasteiger partial charge in [0.1, 0.15) is 0 Å². The number of hydrogen-bond donors (Lipinski definition) is 1. The quantitative estimate of drug-likeness (QED) is 0.753. The number of aryl methyl sites for hydroxylation is 2. The first-order valence-corrected chi connectivity index (χ1v) is 9.12. The van der Waals surface area contributed by atoms with Crippen LogP contribution < -0.4 is 5.32 Å². The lowest BCUT2D eigenvalue weighted by atomic mass is 10.0. The standard InChI is InChI=1S/C15H23N3S2/c1-3-5-14-15(20-18-17-14)13(16-9-4-2)7-6-12-8-10-19-11-12/h8,10-11,13,16H,3-7,9H2,1-2H3. The molecular formula is C15H23N3S2. The summed E-state index contributed by atoms with van der Waals surface area (Å²) >= 11 is 3.34. The van der Waals surface area contributed by atoms with E-state index in [1.54, 1.807) is 22.9 Å². The summed E-state index contributed by atoms with van der Waals surface area (Å²) in [6, 6.07) is 2.62.